The van der Waals surface area contributed by atoms with Gasteiger partial charge in [0.1, 0.15) is 5.82 Å². The van der Waals surface area contributed by atoms with E-state index in [1.54, 1.807) is 10.7 Å². The molecule has 1 aliphatic rings. The average molecular weight is 372 g/mol. The van der Waals surface area contributed by atoms with Crippen LogP contribution in [-0.2, 0) is 6.54 Å². The molecule has 0 aliphatic heterocycles. The molecule has 1 heterocycles. The molecule has 1 aromatic heterocycles. The van der Waals surface area contributed by atoms with E-state index in [0.29, 0.717) is 0 Å². The van der Waals surface area contributed by atoms with Gasteiger partial charge in [0.05, 0.1) is 17.6 Å². The molecule has 19 heavy (non-hydrogen) atoms. The number of halogens is 2. The third kappa shape index (κ3) is 3.30. The van der Waals surface area contributed by atoms with Crippen molar-refractivity contribution in [1.29, 1.82) is 0 Å². The summed E-state index contributed by atoms with van der Waals surface area (Å²) in [5.74, 6) is 0.618. The molecule has 0 unspecified atom stereocenters. The Bertz CT molecular complexity index is 580. The van der Waals surface area contributed by atoms with Gasteiger partial charge < -0.3 is 5.32 Å². The summed E-state index contributed by atoms with van der Waals surface area (Å²) in [5, 5.41) is 11.6. The van der Waals surface area contributed by atoms with Crippen LogP contribution in [0.4, 0.5) is 4.39 Å². The average Bonchev–Trinajstić information content (AvgIpc) is 3.07. The van der Waals surface area contributed by atoms with Crippen LogP contribution in [0, 0.1) is 15.3 Å². The number of rotatable bonds is 5. The standard InChI is InChI=1S/C13H14FIN4/c14-10-3-4-13(12(15)5-10)19-8-11(17-18-19)7-16-6-9-1-2-9/h3-5,8-9,16H,1-2,6-7H2. The smallest absolute Gasteiger partial charge is 0.124 e. The Kier molecular flexibility index (Phi) is 3.79. The molecule has 0 saturated heterocycles. The highest BCUT2D eigenvalue weighted by atomic mass is 127. The predicted molar refractivity (Wildman–Crippen MR) is 78.5 cm³/mol. The topological polar surface area (TPSA) is 42.7 Å². The molecule has 0 amide bonds. The van der Waals surface area contributed by atoms with Gasteiger partial charge in [0, 0.05) is 10.1 Å². The first-order valence-corrected chi connectivity index (χ1v) is 7.37. The number of benzene rings is 1. The summed E-state index contributed by atoms with van der Waals surface area (Å²) < 4.78 is 15.6. The van der Waals surface area contributed by atoms with E-state index in [0.717, 1.165) is 34.0 Å². The van der Waals surface area contributed by atoms with E-state index >= 15 is 0 Å². The lowest BCUT2D eigenvalue weighted by atomic mass is 10.3. The Hall–Kier alpha value is -1.02. The predicted octanol–water partition coefficient (Wildman–Crippen LogP) is 2.51. The second-order valence-electron chi connectivity index (χ2n) is 4.82. The van der Waals surface area contributed by atoms with Gasteiger partial charge >= 0.3 is 0 Å². The molecule has 6 heteroatoms. The van der Waals surface area contributed by atoms with Gasteiger partial charge in [0.15, 0.2) is 0 Å². The Balaban J connectivity index is 1.68. The molecule has 100 valence electrons. The summed E-state index contributed by atoms with van der Waals surface area (Å²) in [7, 11) is 0. The molecule has 1 fully saturated rings. The Labute approximate surface area is 124 Å². The van der Waals surface area contributed by atoms with Crippen molar-refractivity contribution >= 4 is 22.6 Å². The minimum Gasteiger partial charge on any atom is -0.311 e. The van der Waals surface area contributed by atoms with Gasteiger partial charge in [-0.3, -0.25) is 0 Å². The number of aromatic nitrogens is 3. The van der Waals surface area contributed by atoms with Crippen LogP contribution >= 0.6 is 22.6 Å². The van der Waals surface area contributed by atoms with Crippen LogP contribution in [-0.4, -0.2) is 21.5 Å². The molecule has 1 aromatic carbocycles. The second-order valence-corrected chi connectivity index (χ2v) is 5.99. The van der Waals surface area contributed by atoms with Crippen LogP contribution in [0.2, 0.25) is 0 Å². The van der Waals surface area contributed by atoms with Crippen molar-refractivity contribution in [1.82, 2.24) is 20.3 Å². The van der Waals surface area contributed by atoms with E-state index in [4.69, 9.17) is 0 Å². The van der Waals surface area contributed by atoms with Crippen LogP contribution in [0.5, 0.6) is 0 Å². The SMILES string of the molecule is Fc1ccc(-n2cc(CNCC3CC3)nn2)c(I)c1. The molecule has 1 N–H and O–H groups in total. The van der Waals surface area contributed by atoms with Gasteiger partial charge in [-0.05, 0) is 66.1 Å². The molecule has 1 aliphatic carbocycles. The van der Waals surface area contributed by atoms with Gasteiger partial charge in [-0.1, -0.05) is 5.21 Å². The first-order valence-electron chi connectivity index (χ1n) is 6.30. The van der Waals surface area contributed by atoms with Crippen molar-refractivity contribution in [2.24, 2.45) is 5.92 Å². The van der Waals surface area contributed by atoms with Crippen LogP contribution in [0.3, 0.4) is 0 Å². The first kappa shape index (κ1) is 13.0. The van der Waals surface area contributed by atoms with Crippen LogP contribution < -0.4 is 5.32 Å². The fourth-order valence-electron chi connectivity index (χ4n) is 1.89. The Morgan fingerprint density at radius 1 is 1.42 bits per heavy atom. The fourth-order valence-corrected chi connectivity index (χ4v) is 2.61. The molecule has 0 bridgehead atoms. The first-order chi connectivity index (χ1) is 9.22. The van der Waals surface area contributed by atoms with Gasteiger partial charge in [-0.25, -0.2) is 9.07 Å². The minimum atomic E-state index is -0.236. The van der Waals surface area contributed by atoms with E-state index in [1.807, 2.05) is 6.20 Å². The van der Waals surface area contributed by atoms with E-state index in [1.165, 1.54) is 25.0 Å². The lowest BCUT2D eigenvalue weighted by molar-refractivity contribution is 0.625. The lowest BCUT2D eigenvalue weighted by Crippen LogP contribution is -2.16. The van der Waals surface area contributed by atoms with Gasteiger partial charge in [-0.15, -0.1) is 5.10 Å². The largest absolute Gasteiger partial charge is 0.311 e. The molecular weight excluding hydrogens is 358 g/mol. The zero-order valence-corrected chi connectivity index (χ0v) is 12.5. The molecule has 3 rings (SSSR count). The zero-order chi connectivity index (χ0) is 13.2. The molecule has 0 radical (unpaired) electrons. The molecular formula is C13H14FIN4. The summed E-state index contributed by atoms with van der Waals surface area (Å²) >= 11 is 2.10. The Morgan fingerprint density at radius 3 is 3.00 bits per heavy atom. The van der Waals surface area contributed by atoms with Crippen molar-refractivity contribution in [3.05, 3.63) is 39.5 Å². The van der Waals surface area contributed by atoms with E-state index in [2.05, 4.69) is 38.2 Å². The summed E-state index contributed by atoms with van der Waals surface area (Å²) in [6, 6.07) is 4.64. The Morgan fingerprint density at radius 2 is 2.26 bits per heavy atom. The van der Waals surface area contributed by atoms with Crippen molar-refractivity contribution in [2.75, 3.05) is 6.54 Å². The quantitative estimate of drug-likeness (QED) is 0.821. The molecule has 1 saturated carbocycles. The molecule has 2 aromatic rings. The third-order valence-corrected chi connectivity index (χ3v) is 4.00. The maximum absolute atomic E-state index is 13.1. The van der Waals surface area contributed by atoms with Crippen molar-refractivity contribution < 1.29 is 4.39 Å². The summed E-state index contributed by atoms with van der Waals surface area (Å²) in [5.41, 5.74) is 1.75. The zero-order valence-electron chi connectivity index (χ0n) is 10.3. The maximum atomic E-state index is 13.1. The highest BCUT2D eigenvalue weighted by Gasteiger charge is 2.20. The van der Waals surface area contributed by atoms with E-state index in [9.17, 15) is 4.39 Å². The fraction of sp³-hybridized carbons (Fsp3) is 0.385. The molecule has 4 nitrogen and oxygen atoms in total. The van der Waals surface area contributed by atoms with Crippen LogP contribution in [0.15, 0.2) is 24.4 Å². The number of nitrogens with one attached hydrogen (secondary N) is 1. The lowest BCUT2D eigenvalue weighted by Gasteiger charge is -2.03. The summed E-state index contributed by atoms with van der Waals surface area (Å²) in [4.78, 5) is 0. The van der Waals surface area contributed by atoms with Gasteiger partial charge in [0.2, 0.25) is 0 Å². The van der Waals surface area contributed by atoms with Crippen molar-refractivity contribution in [3.63, 3.8) is 0 Å². The van der Waals surface area contributed by atoms with E-state index < -0.39 is 0 Å². The number of hydrogen-bond donors (Lipinski definition) is 1. The number of nitrogens with zero attached hydrogens (tertiary/aromatic N) is 3. The molecule has 0 spiro atoms. The molecule has 0 atom stereocenters. The highest BCUT2D eigenvalue weighted by Crippen LogP contribution is 2.27. The minimum absolute atomic E-state index is 0.236. The third-order valence-electron chi connectivity index (χ3n) is 3.13. The normalized spacial score (nSPS) is 14.8. The van der Waals surface area contributed by atoms with Gasteiger partial charge in [-0.2, -0.15) is 0 Å². The van der Waals surface area contributed by atoms with Crippen LogP contribution in [0.1, 0.15) is 18.5 Å². The summed E-state index contributed by atoms with van der Waals surface area (Å²) in [6.45, 7) is 1.79. The monoisotopic (exact) mass is 372 g/mol. The highest BCUT2D eigenvalue weighted by molar-refractivity contribution is 14.1. The summed E-state index contributed by atoms with van der Waals surface area (Å²) in [6.07, 6.45) is 4.57. The van der Waals surface area contributed by atoms with Crippen molar-refractivity contribution in [2.45, 2.75) is 19.4 Å². The van der Waals surface area contributed by atoms with Crippen molar-refractivity contribution in [3.8, 4) is 5.69 Å². The second kappa shape index (κ2) is 5.54. The number of hydrogen-bond acceptors (Lipinski definition) is 3. The maximum Gasteiger partial charge on any atom is 0.124 e. The van der Waals surface area contributed by atoms with Gasteiger partial charge in [0.25, 0.3) is 0 Å². The van der Waals surface area contributed by atoms with Crippen LogP contribution in [0.25, 0.3) is 5.69 Å². The van der Waals surface area contributed by atoms with E-state index in [-0.39, 0.29) is 5.82 Å².